The predicted octanol–water partition coefficient (Wildman–Crippen LogP) is 3.51. The Morgan fingerprint density at radius 3 is 2.56 bits per heavy atom. The Bertz CT molecular complexity index is 567. The zero-order valence-corrected chi connectivity index (χ0v) is 15.1. The number of nitrogens with zero attached hydrogens (tertiary/aromatic N) is 1. The molecule has 25 heavy (non-hydrogen) atoms. The quantitative estimate of drug-likeness (QED) is 0.890. The van der Waals surface area contributed by atoms with Gasteiger partial charge in [-0.25, -0.2) is 0 Å². The van der Waals surface area contributed by atoms with E-state index in [1.54, 1.807) is 0 Å². The summed E-state index contributed by atoms with van der Waals surface area (Å²) in [4.78, 5) is 26.7. The number of amides is 2. The molecule has 1 heterocycles. The van der Waals surface area contributed by atoms with Crippen LogP contribution in [0.4, 0.5) is 0 Å². The summed E-state index contributed by atoms with van der Waals surface area (Å²) in [6.45, 7) is 2.21. The first-order chi connectivity index (χ1) is 12.2. The Morgan fingerprint density at radius 2 is 1.80 bits per heavy atom. The molecule has 0 spiro atoms. The second kappa shape index (κ2) is 9.02. The molecule has 1 unspecified atom stereocenters. The van der Waals surface area contributed by atoms with Crippen molar-refractivity contribution in [1.29, 1.82) is 0 Å². The van der Waals surface area contributed by atoms with Gasteiger partial charge in [-0.3, -0.25) is 9.59 Å². The lowest BCUT2D eigenvalue weighted by Crippen LogP contribution is -2.35. The van der Waals surface area contributed by atoms with E-state index in [0.717, 1.165) is 38.8 Å². The van der Waals surface area contributed by atoms with E-state index in [-0.39, 0.29) is 17.7 Å². The number of nitrogens with one attached hydrogen (secondary N) is 1. The van der Waals surface area contributed by atoms with Crippen LogP contribution in [-0.4, -0.2) is 29.8 Å². The minimum Gasteiger partial charge on any atom is -0.356 e. The van der Waals surface area contributed by atoms with Crippen molar-refractivity contribution in [2.45, 2.75) is 57.9 Å². The van der Waals surface area contributed by atoms with Crippen LogP contribution in [0.3, 0.4) is 0 Å². The molecule has 136 valence electrons. The van der Waals surface area contributed by atoms with Crippen molar-refractivity contribution < 1.29 is 9.59 Å². The van der Waals surface area contributed by atoms with Crippen LogP contribution in [-0.2, 0) is 16.1 Å². The van der Waals surface area contributed by atoms with Crippen molar-refractivity contribution in [3.05, 3.63) is 35.9 Å². The SMILES string of the molecule is O=C(NCC1CCC(=O)N(Cc2ccccc2)CC1)C1CCCCC1. The largest absolute Gasteiger partial charge is 0.356 e. The molecule has 1 aliphatic carbocycles. The van der Waals surface area contributed by atoms with Gasteiger partial charge in [0.25, 0.3) is 0 Å². The number of carbonyl (C=O) groups excluding carboxylic acids is 2. The van der Waals surface area contributed by atoms with Gasteiger partial charge in [0.15, 0.2) is 0 Å². The Balaban J connectivity index is 1.45. The summed E-state index contributed by atoms with van der Waals surface area (Å²) in [6.07, 6.45) is 8.18. The van der Waals surface area contributed by atoms with Crippen LogP contribution in [0.2, 0.25) is 0 Å². The Morgan fingerprint density at radius 1 is 1.04 bits per heavy atom. The third-order valence-corrected chi connectivity index (χ3v) is 5.68. The molecule has 1 saturated heterocycles. The van der Waals surface area contributed by atoms with E-state index in [4.69, 9.17) is 0 Å². The lowest BCUT2D eigenvalue weighted by Gasteiger charge is -2.23. The fourth-order valence-corrected chi connectivity index (χ4v) is 4.02. The minimum atomic E-state index is 0.218. The number of hydrogen-bond acceptors (Lipinski definition) is 2. The molecule has 0 aromatic heterocycles. The maximum Gasteiger partial charge on any atom is 0.223 e. The number of hydrogen-bond donors (Lipinski definition) is 1. The second-order valence-electron chi connectivity index (χ2n) is 7.57. The van der Waals surface area contributed by atoms with Crippen LogP contribution >= 0.6 is 0 Å². The molecular formula is C21H30N2O2. The molecule has 1 aliphatic heterocycles. The van der Waals surface area contributed by atoms with Crippen LogP contribution < -0.4 is 5.32 Å². The minimum absolute atomic E-state index is 0.218. The lowest BCUT2D eigenvalue weighted by molar-refractivity contribution is -0.131. The van der Waals surface area contributed by atoms with E-state index in [2.05, 4.69) is 17.4 Å². The second-order valence-corrected chi connectivity index (χ2v) is 7.57. The average molecular weight is 342 g/mol. The van der Waals surface area contributed by atoms with Gasteiger partial charge in [-0.05, 0) is 37.2 Å². The van der Waals surface area contributed by atoms with Crippen molar-refractivity contribution >= 4 is 11.8 Å². The molecule has 2 aliphatic rings. The average Bonchev–Trinajstić information content (AvgIpc) is 2.83. The van der Waals surface area contributed by atoms with Crippen molar-refractivity contribution in [2.75, 3.05) is 13.1 Å². The van der Waals surface area contributed by atoms with Crippen LogP contribution in [0.15, 0.2) is 30.3 Å². The van der Waals surface area contributed by atoms with Gasteiger partial charge in [-0.2, -0.15) is 0 Å². The first-order valence-electron chi connectivity index (χ1n) is 9.82. The summed E-state index contributed by atoms with van der Waals surface area (Å²) in [6, 6.07) is 10.2. The Hall–Kier alpha value is -1.84. The molecule has 3 rings (SSSR count). The first kappa shape index (κ1) is 18.0. The van der Waals surface area contributed by atoms with E-state index in [9.17, 15) is 9.59 Å². The Labute approximate surface area is 151 Å². The summed E-state index contributed by atoms with van der Waals surface area (Å²) < 4.78 is 0. The van der Waals surface area contributed by atoms with Crippen molar-refractivity contribution in [2.24, 2.45) is 11.8 Å². The fraction of sp³-hybridized carbons (Fsp3) is 0.619. The fourth-order valence-electron chi connectivity index (χ4n) is 4.02. The third kappa shape index (κ3) is 5.32. The van der Waals surface area contributed by atoms with Gasteiger partial charge in [0.1, 0.15) is 0 Å². The number of rotatable bonds is 5. The third-order valence-electron chi connectivity index (χ3n) is 5.68. The highest BCUT2D eigenvalue weighted by Crippen LogP contribution is 2.24. The molecule has 0 radical (unpaired) electrons. The summed E-state index contributed by atoms with van der Waals surface area (Å²) >= 11 is 0. The van der Waals surface area contributed by atoms with Crippen LogP contribution in [0.25, 0.3) is 0 Å². The van der Waals surface area contributed by atoms with Gasteiger partial charge >= 0.3 is 0 Å². The Kier molecular flexibility index (Phi) is 6.48. The summed E-state index contributed by atoms with van der Waals surface area (Å²) in [5.74, 6) is 1.11. The standard InChI is InChI=1S/C21H30N2O2/c24-20-12-11-17(15-22-21(25)19-9-5-2-6-10-19)13-14-23(20)16-18-7-3-1-4-8-18/h1,3-4,7-8,17,19H,2,5-6,9-16H2,(H,22,25). The topological polar surface area (TPSA) is 49.4 Å². The molecule has 1 atom stereocenters. The molecule has 4 nitrogen and oxygen atoms in total. The van der Waals surface area contributed by atoms with Gasteiger partial charge in [0.05, 0.1) is 0 Å². The monoisotopic (exact) mass is 342 g/mol. The van der Waals surface area contributed by atoms with Gasteiger partial charge in [-0.15, -0.1) is 0 Å². The van der Waals surface area contributed by atoms with Gasteiger partial charge < -0.3 is 10.2 Å². The summed E-state index contributed by atoms with van der Waals surface area (Å²) in [7, 11) is 0. The van der Waals surface area contributed by atoms with E-state index < -0.39 is 0 Å². The highest BCUT2D eigenvalue weighted by Gasteiger charge is 2.25. The number of carbonyl (C=O) groups is 2. The molecule has 1 N–H and O–H groups in total. The molecule has 0 bridgehead atoms. The van der Waals surface area contributed by atoms with Crippen molar-refractivity contribution in [3.8, 4) is 0 Å². The van der Waals surface area contributed by atoms with E-state index >= 15 is 0 Å². The molecule has 4 heteroatoms. The van der Waals surface area contributed by atoms with E-state index in [1.807, 2.05) is 23.1 Å². The summed E-state index contributed by atoms with van der Waals surface area (Å²) in [5, 5.41) is 3.16. The number of likely N-dealkylation sites (tertiary alicyclic amines) is 1. The van der Waals surface area contributed by atoms with E-state index in [0.29, 0.717) is 18.9 Å². The molecule has 1 aromatic carbocycles. The normalized spacial score (nSPS) is 22.5. The van der Waals surface area contributed by atoms with Crippen molar-refractivity contribution in [3.63, 3.8) is 0 Å². The van der Waals surface area contributed by atoms with Crippen molar-refractivity contribution in [1.82, 2.24) is 10.2 Å². The van der Waals surface area contributed by atoms with E-state index in [1.165, 1.54) is 24.8 Å². The molecule has 1 saturated carbocycles. The highest BCUT2D eigenvalue weighted by molar-refractivity contribution is 5.78. The molecular weight excluding hydrogens is 312 g/mol. The van der Waals surface area contributed by atoms with Gasteiger partial charge in [0.2, 0.25) is 11.8 Å². The highest BCUT2D eigenvalue weighted by atomic mass is 16.2. The van der Waals surface area contributed by atoms with Gasteiger partial charge in [-0.1, -0.05) is 49.6 Å². The summed E-state index contributed by atoms with van der Waals surface area (Å²) in [5.41, 5.74) is 1.18. The van der Waals surface area contributed by atoms with Crippen LogP contribution in [0, 0.1) is 11.8 Å². The molecule has 2 fully saturated rings. The zero-order chi connectivity index (χ0) is 17.5. The zero-order valence-electron chi connectivity index (χ0n) is 15.1. The van der Waals surface area contributed by atoms with Crippen LogP contribution in [0.1, 0.15) is 56.9 Å². The molecule has 1 aromatic rings. The maximum atomic E-state index is 12.4. The molecule has 2 amide bonds. The van der Waals surface area contributed by atoms with Gasteiger partial charge in [0, 0.05) is 32.0 Å². The lowest BCUT2D eigenvalue weighted by atomic mass is 9.88. The predicted molar refractivity (Wildman–Crippen MR) is 98.8 cm³/mol. The van der Waals surface area contributed by atoms with Crippen LogP contribution in [0.5, 0.6) is 0 Å². The number of benzene rings is 1. The smallest absolute Gasteiger partial charge is 0.223 e. The first-order valence-corrected chi connectivity index (χ1v) is 9.82. The maximum absolute atomic E-state index is 12.4.